The highest BCUT2D eigenvalue weighted by Gasteiger charge is 2.25. The van der Waals surface area contributed by atoms with Crippen LogP contribution in [0.2, 0.25) is 0 Å². The molecule has 0 aliphatic carbocycles. The van der Waals surface area contributed by atoms with E-state index in [-0.39, 0.29) is 30.6 Å². The standard InChI is InChI=1S/C27H33N5O3/c1-19(2)28-27(34)31(16-23-10-7-15-35-23)18-25(33)30-26-29-24(21-8-5-4-6-9-21)17-32(26)22-13-11-20(3)12-14-22/h4-6,8-9,11-14,17,19,23H,7,10,15-16,18H2,1-3H3,(H,28,34)(H,29,30,33)/t23-/m0/s1. The first-order valence-electron chi connectivity index (χ1n) is 12.1. The second kappa shape index (κ2) is 11.2. The zero-order chi connectivity index (χ0) is 24.8. The molecular formula is C27H33N5O3. The Labute approximate surface area is 206 Å². The number of benzene rings is 2. The van der Waals surface area contributed by atoms with Gasteiger partial charge in [-0.05, 0) is 45.7 Å². The van der Waals surface area contributed by atoms with Crippen molar-refractivity contribution >= 4 is 17.9 Å². The van der Waals surface area contributed by atoms with Crippen LogP contribution in [-0.4, -0.2) is 58.2 Å². The molecule has 0 bridgehead atoms. The molecule has 1 aliphatic heterocycles. The second-order valence-electron chi connectivity index (χ2n) is 9.19. The van der Waals surface area contributed by atoms with E-state index in [0.717, 1.165) is 35.3 Å². The van der Waals surface area contributed by atoms with Crippen LogP contribution in [0.5, 0.6) is 0 Å². The van der Waals surface area contributed by atoms with Crippen LogP contribution in [0.15, 0.2) is 60.8 Å². The molecule has 0 saturated carbocycles. The summed E-state index contributed by atoms with van der Waals surface area (Å²) in [5.74, 6) is 0.0829. The van der Waals surface area contributed by atoms with E-state index in [1.165, 1.54) is 4.90 Å². The highest BCUT2D eigenvalue weighted by atomic mass is 16.5. The number of hydrogen-bond donors (Lipinski definition) is 2. The Morgan fingerprint density at radius 3 is 2.54 bits per heavy atom. The Morgan fingerprint density at radius 2 is 1.89 bits per heavy atom. The van der Waals surface area contributed by atoms with Gasteiger partial charge in [0.2, 0.25) is 11.9 Å². The van der Waals surface area contributed by atoms with Gasteiger partial charge < -0.3 is 15.0 Å². The van der Waals surface area contributed by atoms with Crippen molar-refractivity contribution in [1.82, 2.24) is 19.8 Å². The third kappa shape index (κ3) is 6.48. The summed E-state index contributed by atoms with van der Waals surface area (Å²) in [6, 6.07) is 17.5. The number of imidazole rings is 1. The number of aromatic nitrogens is 2. The van der Waals surface area contributed by atoms with E-state index in [1.807, 2.05) is 86.1 Å². The summed E-state index contributed by atoms with van der Waals surface area (Å²) < 4.78 is 7.57. The lowest BCUT2D eigenvalue weighted by atomic mass is 10.2. The molecule has 184 valence electrons. The fourth-order valence-corrected chi connectivity index (χ4v) is 4.05. The van der Waals surface area contributed by atoms with Crippen molar-refractivity contribution < 1.29 is 14.3 Å². The minimum absolute atomic E-state index is 0.0357. The number of ether oxygens (including phenoxy) is 1. The fraction of sp³-hybridized carbons (Fsp3) is 0.370. The van der Waals surface area contributed by atoms with Crippen LogP contribution in [0, 0.1) is 6.92 Å². The Kier molecular flexibility index (Phi) is 7.82. The van der Waals surface area contributed by atoms with Crippen LogP contribution in [0.25, 0.3) is 16.9 Å². The zero-order valence-electron chi connectivity index (χ0n) is 20.5. The second-order valence-corrected chi connectivity index (χ2v) is 9.19. The molecule has 1 aromatic heterocycles. The third-order valence-electron chi connectivity index (χ3n) is 5.82. The maximum absolute atomic E-state index is 13.1. The minimum atomic E-state index is -0.319. The Hall–Kier alpha value is -3.65. The lowest BCUT2D eigenvalue weighted by Crippen LogP contribution is -2.49. The molecule has 1 fully saturated rings. The van der Waals surface area contributed by atoms with E-state index < -0.39 is 0 Å². The lowest BCUT2D eigenvalue weighted by Gasteiger charge is -2.26. The number of nitrogens with zero attached hydrogens (tertiary/aromatic N) is 3. The molecule has 4 rings (SSSR count). The van der Waals surface area contributed by atoms with E-state index in [9.17, 15) is 9.59 Å². The lowest BCUT2D eigenvalue weighted by molar-refractivity contribution is -0.117. The molecule has 0 spiro atoms. The maximum atomic E-state index is 13.1. The molecule has 0 radical (unpaired) electrons. The van der Waals surface area contributed by atoms with Gasteiger partial charge in [0.25, 0.3) is 0 Å². The molecule has 2 heterocycles. The first-order chi connectivity index (χ1) is 16.9. The van der Waals surface area contributed by atoms with Crippen molar-refractivity contribution in [2.75, 3.05) is 25.0 Å². The number of carbonyl (C=O) groups is 2. The summed E-state index contributed by atoms with van der Waals surface area (Å²) in [5.41, 5.74) is 3.72. The van der Waals surface area contributed by atoms with Crippen LogP contribution in [-0.2, 0) is 9.53 Å². The summed E-state index contributed by atoms with van der Waals surface area (Å²) in [7, 11) is 0. The smallest absolute Gasteiger partial charge is 0.318 e. The van der Waals surface area contributed by atoms with E-state index in [4.69, 9.17) is 9.72 Å². The number of rotatable bonds is 8. The van der Waals surface area contributed by atoms with Gasteiger partial charge in [0.1, 0.15) is 6.54 Å². The molecule has 8 heteroatoms. The molecule has 8 nitrogen and oxygen atoms in total. The van der Waals surface area contributed by atoms with Gasteiger partial charge in [-0.3, -0.25) is 14.7 Å². The molecule has 0 unspecified atom stereocenters. The van der Waals surface area contributed by atoms with Crippen LogP contribution in [0.1, 0.15) is 32.3 Å². The molecule has 2 aromatic carbocycles. The number of carbonyl (C=O) groups excluding carboxylic acids is 2. The average molecular weight is 476 g/mol. The zero-order valence-corrected chi connectivity index (χ0v) is 20.5. The van der Waals surface area contributed by atoms with Gasteiger partial charge in [-0.25, -0.2) is 9.78 Å². The van der Waals surface area contributed by atoms with Crippen molar-refractivity contribution in [2.24, 2.45) is 0 Å². The summed E-state index contributed by atoms with van der Waals surface area (Å²) in [4.78, 5) is 32.2. The molecule has 1 aliphatic rings. The molecule has 3 aromatic rings. The van der Waals surface area contributed by atoms with E-state index >= 15 is 0 Å². The SMILES string of the molecule is Cc1ccc(-n2cc(-c3ccccc3)nc2NC(=O)CN(C[C@@H]2CCCO2)C(=O)NC(C)C)cc1. The quantitative estimate of drug-likeness (QED) is 0.506. The van der Waals surface area contributed by atoms with Gasteiger partial charge in [0.05, 0.1) is 11.8 Å². The monoisotopic (exact) mass is 475 g/mol. The van der Waals surface area contributed by atoms with Crippen molar-refractivity contribution in [3.05, 3.63) is 66.4 Å². The van der Waals surface area contributed by atoms with Gasteiger partial charge >= 0.3 is 6.03 Å². The molecular weight excluding hydrogens is 442 g/mol. The molecule has 35 heavy (non-hydrogen) atoms. The summed E-state index contributed by atoms with van der Waals surface area (Å²) in [6.07, 6.45) is 3.70. The van der Waals surface area contributed by atoms with Crippen molar-refractivity contribution in [3.63, 3.8) is 0 Å². The van der Waals surface area contributed by atoms with E-state index in [2.05, 4.69) is 10.6 Å². The maximum Gasteiger partial charge on any atom is 0.318 e. The third-order valence-corrected chi connectivity index (χ3v) is 5.82. The number of anilines is 1. The molecule has 3 amide bonds. The number of urea groups is 1. The van der Waals surface area contributed by atoms with Crippen molar-refractivity contribution in [2.45, 2.75) is 45.8 Å². The summed E-state index contributed by atoms with van der Waals surface area (Å²) in [6.45, 7) is 6.78. The first kappa shape index (κ1) is 24.5. The topological polar surface area (TPSA) is 88.5 Å². The van der Waals surface area contributed by atoms with Gasteiger partial charge in [-0.2, -0.15) is 0 Å². The van der Waals surface area contributed by atoms with E-state index in [0.29, 0.717) is 19.1 Å². The highest BCUT2D eigenvalue weighted by Crippen LogP contribution is 2.24. The largest absolute Gasteiger partial charge is 0.376 e. The normalized spacial score (nSPS) is 15.3. The molecule has 2 N–H and O–H groups in total. The Bertz CT molecular complexity index is 1140. The predicted molar refractivity (Wildman–Crippen MR) is 137 cm³/mol. The van der Waals surface area contributed by atoms with Crippen LogP contribution in [0.3, 0.4) is 0 Å². The average Bonchev–Trinajstić information content (AvgIpc) is 3.49. The van der Waals surface area contributed by atoms with Gasteiger partial charge in [-0.1, -0.05) is 48.0 Å². The van der Waals surface area contributed by atoms with Crippen LogP contribution < -0.4 is 10.6 Å². The number of nitrogens with one attached hydrogen (secondary N) is 2. The summed E-state index contributed by atoms with van der Waals surface area (Å²) >= 11 is 0. The van der Waals surface area contributed by atoms with Crippen LogP contribution >= 0.6 is 0 Å². The van der Waals surface area contributed by atoms with Crippen molar-refractivity contribution in [3.8, 4) is 16.9 Å². The number of aryl methyl sites for hydroxylation is 1. The van der Waals surface area contributed by atoms with Gasteiger partial charge in [0.15, 0.2) is 0 Å². The molecule has 1 atom stereocenters. The summed E-state index contributed by atoms with van der Waals surface area (Å²) in [5, 5.41) is 5.81. The Balaban J connectivity index is 1.56. The number of amides is 3. The van der Waals surface area contributed by atoms with Crippen LogP contribution in [0.4, 0.5) is 10.7 Å². The minimum Gasteiger partial charge on any atom is -0.376 e. The van der Waals surface area contributed by atoms with E-state index in [1.54, 1.807) is 0 Å². The fourth-order valence-electron chi connectivity index (χ4n) is 4.05. The highest BCUT2D eigenvalue weighted by molar-refractivity contribution is 5.93. The predicted octanol–water partition coefficient (Wildman–Crippen LogP) is 4.39. The Morgan fingerprint density at radius 1 is 1.14 bits per heavy atom. The van der Waals surface area contributed by atoms with Crippen molar-refractivity contribution in [1.29, 1.82) is 0 Å². The van der Waals surface area contributed by atoms with Gasteiger partial charge in [-0.15, -0.1) is 0 Å². The van der Waals surface area contributed by atoms with Gasteiger partial charge in [0, 0.05) is 36.6 Å². The molecule has 1 saturated heterocycles. The number of hydrogen-bond acceptors (Lipinski definition) is 4. The first-order valence-corrected chi connectivity index (χ1v) is 12.1.